The van der Waals surface area contributed by atoms with Crippen LogP contribution in [0.25, 0.3) is 0 Å². The summed E-state index contributed by atoms with van der Waals surface area (Å²) in [7, 11) is 0. The number of aliphatic hydroxyl groups excluding tert-OH is 1. The molecule has 0 aliphatic rings. The van der Waals surface area contributed by atoms with Crippen molar-refractivity contribution in [2.45, 2.75) is 283 Å². The summed E-state index contributed by atoms with van der Waals surface area (Å²) in [5.41, 5.74) is 0. The third-order valence-corrected chi connectivity index (χ3v) is 11.3. The quantitative estimate of drug-likeness (QED) is 0.0381. The molecule has 0 bridgehead atoms. The van der Waals surface area contributed by atoms with E-state index in [0.29, 0.717) is 19.6 Å². The van der Waals surface area contributed by atoms with E-state index in [2.05, 4.69) is 26.0 Å². The standard InChI is InChI=1S/C50H98O4/c1-3-5-7-9-11-13-15-17-19-21-23-25-26-28-30-32-34-36-38-40-42-44-46-53-48-49(47-51)54-50(52)45-43-41-39-37-35-33-31-29-27-24-22-20-18-16-14-12-10-8-6-4-2/h21,23,49,51H,3-20,22,24-48H2,1-2H3/b23-21-. The third kappa shape index (κ3) is 45.5. The maximum absolute atomic E-state index is 12.2. The van der Waals surface area contributed by atoms with Crippen LogP contribution in [0.3, 0.4) is 0 Å². The second kappa shape index (κ2) is 48.3. The summed E-state index contributed by atoms with van der Waals surface area (Å²) in [4.78, 5) is 12.2. The Hall–Kier alpha value is -0.870. The van der Waals surface area contributed by atoms with E-state index < -0.39 is 6.10 Å². The number of hydrogen-bond acceptors (Lipinski definition) is 4. The zero-order valence-electron chi connectivity index (χ0n) is 37.0. The molecule has 322 valence electrons. The summed E-state index contributed by atoms with van der Waals surface area (Å²) in [6, 6.07) is 0. The first-order valence-electron chi connectivity index (χ1n) is 24.8. The van der Waals surface area contributed by atoms with E-state index >= 15 is 0 Å². The van der Waals surface area contributed by atoms with Gasteiger partial charge in [0, 0.05) is 13.0 Å². The van der Waals surface area contributed by atoms with Crippen molar-refractivity contribution in [3.05, 3.63) is 12.2 Å². The van der Waals surface area contributed by atoms with Crippen LogP contribution in [0.2, 0.25) is 0 Å². The monoisotopic (exact) mass is 763 g/mol. The summed E-state index contributed by atoms with van der Waals surface area (Å²) < 4.78 is 11.2. The fraction of sp³-hybridized carbons (Fsp3) is 0.940. The molecule has 0 aromatic carbocycles. The molecule has 1 atom stereocenters. The minimum atomic E-state index is -0.529. The van der Waals surface area contributed by atoms with E-state index in [4.69, 9.17) is 9.47 Å². The first-order chi connectivity index (χ1) is 26.7. The lowest BCUT2D eigenvalue weighted by Gasteiger charge is -2.16. The molecule has 0 aromatic heterocycles. The average Bonchev–Trinajstić information content (AvgIpc) is 3.18. The van der Waals surface area contributed by atoms with Crippen LogP contribution in [0, 0.1) is 0 Å². The highest BCUT2D eigenvalue weighted by atomic mass is 16.6. The van der Waals surface area contributed by atoms with Gasteiger partial charge in [-0.3, -0.25) is 4.79 Å². The summed E-state index contributed by atoms with van der Waals surface area (Å²) in [5.74, 6) is -0.193. The van der Waals surface area contributed by atoms with Gasteiger partial charge >= 0.3 is 5.97 Å². The van der Waals surface area contributed by atoms with Crippen molar-refractivity contribution in [3.8, 4) is 0 Å². The molecule has 0 saturated carbocycles. The first-order valence-corrected chi connectivity index (χ1v) is 24.8. The molecule has 54 heavy (non-hydrogen) atoms. The Morgan fingerprint density at radius 1 is 0.426 bits per heavy atom. The number of unbranched alkanes of at least 4 members (excludes halogenated alkanes) is 37. The molecule has 0 aromatic rings. The number of esters is 1. The highest BCUT2D eigenvalue weighted by molar-refractivity contribution is 5.69. The summed E-state index contributed by atoms with van der Waals surface area (Å²) >= 11 is 0. The van der Waals surface area contributed by atoms with Crippen molar-refractivity contribution in [2.75, 3.05) is 19.8 Å². The largest absolute Gasteiger partial charge is 0.457 e. The Labute approximate surface area is 339 Å². The van der Waals surface area contributed by atoms with Crippen molar-refractivity contribution >= 4 is 5.97 Å². The van der Waals surface area contributed by atoms with Gasteiger partial charge in [0.2, 0.25) is 0 Å². The van der Waals surface area contributed by atoms with E-state index in [9.17, 15) is 9.90 Å². The van der Waals surface area contributed by atoms with Crippen LogP contribution in [0.1, 0.15) is 277 Å². The van der Waals surface area contributed by atoms with Crippen LogP contribution in [-0.2, 0) is 14.3 Å². The Morgan fingerprint density at radius 2 is 0.722 bits per heavy atom. The summed E-state index contributed by atoms with van der Waals surface area (Å²) in [6.45, 7) is 5.40. The van der Waals surface area contributed by atoms with Crippen molar-refractivity contribution in [1.82, 2.24) is 0 Å². The van der Waals surface area contributed by atoms with E-state index in [1.54, 1.807) is 0 Å². The van der Waals surface area contributed by atoms with Gasteiger partial charge in [0.05, 0.1) is 13.2 Å². The van der Waals surface area contributed by atoms with Crippen LogP contribution in [0.15, 0.2) is 12.2 Å². The number of carbonyl (C=O) groups excluding carboxylic acids is 1. The molecule has 0 spiro atoms. The summed E-state index contributed by atoms with van der Waals surface area (Å²) in [5, 5.41) is 9.64. The van der Waals surface area contributed by atoms with Gasteiger partial charge < -0.3 is 14.6 Å². The van der Waals surface area contributed by atoms with Crippen molar-refractivity contribution < 1.29 is 19.4 Å². The molecule has 0 radical (unpaired) electrons. The number of rotatable bonds is 47. The van der Waals surface area contributed by atoms with Gasteiger partial charge in [-0.15, -0.1) is 0 Å². The van der Waals surface area contributed by atoms with Gasteiger partial charge in [-0.05, 0) is 38.5 Å². The predicted octanol–water partition coefficient (Wildman–Crippen LogP) is 16.5. The Morgan fingerprint density at radius 3 is 1.06 bits per heavy atom. The number of hydrogen-bond donors (Lipinski definition) is 1. The predicted molar refractivity (Wildman–Crippen MR) is 238 cm³/mol. The molecular formula is C50H98O4. The molecule has 4 nitrogen and oxygen atoms in total. The first kappa shape index (κ1) is 53.1. The maximum Gasteiger partial charge on any atom is 0.306 e. The number of aliphatic hydroxyl groups is 1. The van der Waals surface area contributed by atoms with Gasteiger partial charge in [0.15, 0.2) is 0 Å². The zero-order valence-corrected chi connectivity index (χ0v) is 37.0. The molecule has 4 heteroatoms. The molecule has 0 heterocycles. The Kier molecular flexibility index (Phi) is 47.5. The van der Waals surface area contributed by atoms with Gasteiger partial charge in [-0.1, -0.05) is 244 Å². The maximum atomic E-state index is 12.2. The molecular weight excluding hydrogens is 665 g/mol. The Bertz CT molecular complexity index is 721. The molecule has 0 aliphatic carbocycles. The normalized spacial score (nSPS) is 12.3. The highest BCUT2D eigenvalue weighted by Crippen LogP contribution is 2.16. The van der Waals surface area contributed by atoms with E-state index in [1.165, 1.54) is 238 Å². The van der Waals surface area contributed by atoms with Crippen LogP contribution < -0.4 is 0 Å². The molecule has 0 rings (SSSR count). The molecule has 0 fully saturated rings. The van der Waals surface area contributed by atoms with E-state index in [0.717, 1.165) is 19.3 Å². The van der Waals surface area contributed by atoms with Gasteiger partial charge in [0.1, 0.15) is 6.10 Å². The lowest BCUT2D eigenvalue weighted by molar-refractivity contribution is -0.154. The summed E-state index contributed by atoms with van der Waals surface area (Å²) in [6.07, 6.45) is 58.7. The lowest BCUT2D eigenvalue weighted by Crippen LogP contribution is -2.27. The fourth-order valence-electron chi connectivity index (χ4n) is 7.62. The number of allylic oxidation sites excluding steroid dienone is 2. The van der Waals surface area contributed by atoms with Crippen molar-refractivity contribution in [1.29, 1.82) is 0 Å². The average molecular weight is 763 g/mol. The third-order valence-electron chi connectivity index (χ3n) is 11.3. The minimum Gasteiger partial charge on any atom is -0.457 e. The number of carbonyl (C=O) groups is 1. The number of ether oxygens (including phenoxy) is 2. The van der Waals surface area contributed by atoms with Crippen molar-refractivity contribution in [2.24, 2.45) is 0 Å². The zero-order chi connectivity index (χ0) is 39.1. The fourth-order valence-corrected chi connectivity index (χ4v) is 7.62. The topological polar surface area (TPSA) is 55.8 Å². The van der Waals surface area contributed by atoms with E-state index in [1.807, 2.05) is 0 Å². The molecule has 1 unspecified atom stereocenters. The molecule has 1 N–H and O–H groups in total. The van der Waals surface area contributed by atoms with Crippen LogP contribution >= 0.6 is 0 Å². The second-order valence-corrected chi connectivity index (χ2v) is 16.9. The van der Waals surface area contributed by atoms with Crippen molar-refractivity contribution in [3.63, 3.8) is 0 Å². The highest BCUT2D eigenvalue weighted by Gasteiger charge is 2.13. The van der Waals surface area contributed by atoms with E-state index in [-0.39, 0.29) is 12.6 Å². The van der Waals surface area contributed by atoms with Gasteiger partial charge in [-0.25, -0.2) is 0 Å². The SMILES string of the molecule is CCCCCCCCCC/C=C\CCCCCCCCCCCCOCC(CO)OC(=O)CCCCCCCCCCCCCCCCCCCCCC. The van der Waals surface area contributed by atoms with Gasteiger partial charge in [-0.2, -0.15) is 0 Å². The molecule has 0 saturated heterocycles. The van der Waals surface area contributed by atoms with Crippen LogP contribution in [-0.4, -0.2) is 37.0 Å². The van der Waals surface area contributed by atoms with Crippen LogP contribution in [0.5, 0.6) is 0 Å². The molecule has 0 amide bonds. The second-order valence-electron chi connectivity index (χ2n) is 16.9. The minimum absolute atomic E-state index is 0.166. The van der Waals surface area contributed by atoms with Gasteiger partial charge in [0.25, 0.3) is 0 Å². The smallest absolute Gasteiger partial charge is 0.306 e. The lowest BCUT2D eigenvalue weighted by atomic mass is 10.0. The van der Waals surface area contributed by atoms with Crippen LogP contribution in [0.4, 0.5) is 0 Å². The molecule has 0 aliphatic heterocycles. The Balaban J connectivity index is 3.35.